The Labute approximate surface area is 118 Å². The minimum Gasteiger partial charge on any atom is -0.478 e. The Hall–Kier alpha value is -2.48. The third-order valence-corrected chi connectivity index (χ3v) is 3.94. The molecule has 0 atom stereocenters. The zero-order valence-electron chi connectivity index (χ0n) is 10.4. The van der Waals surface area contributed by atoms with Gasteiger partial charge in [0.2, 0.25) is 0 Å². The first-order chi connectivity index (χ1) is 9.79. The van der Waals surface area contributed by atoms with E-state index >= 15 is 0 Å². The van der Waals surface area contributed by atoms with Gasteiger partial charge in [-0.25, -0.2) is 22.0 Å². The number of sulfonamides is 1. The summed E-state index contributed by atoms with van der Waals surface area (Å²) in [4.78, 5) is 10.3. The Morgan fingerprint density at radius 3 is 2.38 bits per heavy atom. The number of aromatic carboxylic acids is 1. The highest BCUT2D eigenvalue weighted by Crippen LogP contribution is 2.19. The van der Waals surface area contributed by atoms with Crippen LogP contribution in [0.2, 0.25) is 0 Å². The molecule has 0 aliphatic carbocycles. The van der Waals surface area contributed by atoms with E-state index in [1.165, 1.54) is 18.2 Å². The molecular weight excluding hydrogens is 304 g/mol. The summed E-state index contributed by atoms with van der Waals surface area (Å²) < 4.78 is 52.0. The van der Waals surface area contributed by atoms with Crippen molar-refractivity contribution in [1.82, 2.24) is 0 Å². The number of carbonyl (C=O) groups is 1. The van der Waals surface area contributed by atoms with E-state index in [-0.39, 0.29) is 11.3 Å². The third kappa shape index (κ3) is 3.34. The normalized spacial score (nSPS) is 11.1. The number of hydrogen-bond donors (Lipinski definition) is 2. The molecule has 0 saturated heterocycles. The number of carboxylic acid groups (broad SMARTS) is 1. The molecule has 0 aliphatic heterocycles. The van der Waals surface area contributed by atoms with Gasteiger partial charge in [-0.15, -0.1) is 0 Å². The summed E-state index contributed by atoms with van der Waals surface area (Å²) >= 11 is 0. The zero-order chi connectivity index (χ0) is 15.6. The van der Waals surface area contributed by atoms with Crippen LogP contribution in [0.4, 0.5) is 14.5 Å². The summed E-state index contributed by atoms with van der Waals surface area (Å²) in [5.41, 5.74) is -0.111. The van der Waals surface area contributed by atoms with E-state index in [1.807, 2.05) is 0 Å². The molecule has 0 spiro atoms. The van der Waals surface area contributed by atoms with Crippen molar-refractivity contribution in [2.24, 2.45) is 0 Å². The number of anilines is 1. The number of carboxylic acids is 1. The van der Waals surface area contributed by atoms with Crippen LogP contribution in [-0.2, 0) is 10.0 Å². The van der Waals surface area contributed by atoms with Gasteiger partial charge < -0.3 is 5.11 Å². The van der Waals surface area contributed by atoms with Crippen LogP contribution < -0.4 is 4.72 Å². The molecule has 0 heterocycles. The Kier molecular flexibility index (Phi) is 3.90. The molecule has 0 radical (unpaired) electrons. The number of hydrogen-bond acceptors (Lipinski definition) is 3. The number of nitrogens with one attached hydrogen (secondary N) is 1. The topological polar surface area (TPSA) is 83.5 Å². The predicted molar refractivity (Wildman–Crippen MR) is 70.6 cm³/mol. The van der Waals surface area contributed by atoms with E-state index in [0.717, 1.165) is 12.1 Å². The van der Waals surface area contributed by atoms with Crippen molar-refractivity contribution < 1.29 is 27.1 Å². The molecule has 0 saturated carbocycles. The van der Waals surface area contributed by atoms with Crippen molar-refractivity contribution in [2.75, 3.05) is 4.72 Å². The smallest absolute Gasteiger partial charge is 0.335 e. The van der Waals surface area contributed by atoms with Crippen LogP contribution in [0.15, 0.2) is 47.4 Å². The van der Waals surface area contributed by atoms with Crippen molar-refractivity contribution in [3.8, 4) is 0 Å². The maximum atomic E-state index is 13.1. The van der Waals surface area contributed by atoms with Crippen LogP contribution in [-0.4, -0.2) is 19.5 Å². The second-order valence-corrected chi connectivity index (χ2v) is 5.75. The first-order valence-electron chi connectivity index (χ1n) is 5.61. The van der Waals surface area contributed by atoms with Crippen molar-refractivity contribution in [3.63, 3.8) is 0 Å². The van der Waals surface area contributed by atoms with Gasteiger partial charge in [0.1, 0.15) is 0 Å². The molecule has 0 aliphatic rings. The lowest BCUT2D eigenvalue weighted by Crippen LogP contribution is -2.14. The maximum absolute atomic E-state index is 13.1. The molecule has 2 aromatic rings. The average molecular weight is 313 g/mol. The van der Waals surface area contributed by atoms with Crippen molar-refractivity contribution in [2.45, 2.75) is 4.90 Å². The van der Waals surface area contributed by atoms with Gasteiger partial charge in [0, 0.05) is 5.69 Å². The highest BCUT2D eigenvalue weighted by Gasteiger charge is 2.17. The SMILES string of the molecule is O=C(O)c1cccc(NS(=O)(=O)c2ccc(F)c(F)c2)c1. The van der Waals surface area contributed by atoms with Crippen LogP contribution in [0.1, 0.15) is 10.4 Å². The molecule has 2 N–H and O–H groups in total. The minimum absolute atomic E-state index is 0.000340. The second-order valence-electron chi connectivity index (χ2n) is 4.07. The van der Waals surface area contributed by atoms with Crippen LogP contribution in [0.25, 0.3) is 0 Å². The van der Waals surface area contributed by atoms with Gasteiger partial charge in [0.15, 0.2) is 11.6 Å². The Morgan fingerprint density at radius 1 is 1.05 bits per heavy atom. The van der Waals surface area contributed by atoms with Gasteiger partial charge in [0.25, 0.3) is 10.0 Å². The van der Waals surface area contributed by atoms with Gasteiger partial charge in [-0.1, -0.05) is 6.07 Å². The standard InChI is InChI=1S/C13H9F2NO4S/c14-11-5-4-10(7-12(11)15)21(19,20)16-9-3-1-2-8(6-9)13(17)18/h1-7,16H,(H,17,18). The fourth-order valence-electron chi connectivity index (χ4n) is 1.57. The van der Waals surface area contributed by atoms with Crippen molar-refractivity contribution in [1.29, 1.82) is 0 Å². The molecule has 21 heavy (non-hydrogen) atoms. The zero-order valence-corrected chi connectivity index (χ0v) is 11.2. The fourth-order valence-corrected chi connectivity index (χ4v) is 2.63. The first kappa shape index (κ1) is 14.9. The van der Waals surface area contributed by atoms with E-state index in [2.05, 4.69) is 4.72 Å². The largest absolute Gasteiger partial charge is 0.478 e. The van der Waals surface area contributed by atoms with Crippen LogP contribution in [0, 0.1) is 11.6 Å². The summed E-state index contributed by atoms with van der Waals surface area (Å²) in [5, 5.41) is 8.82. The van der Waals surface area contributed by atoms with Crippen LogP contribution >= 0.6 is 0 Å². The summed E-state index contributed by atoms with van der Waals surface area (Å²) in [6.07, 6.45) is 0. The van der Waals surface area contributed by atoms with E-state index < -0.39 is 32.5 Å². The predicted octanol–water partition coefficient (Wildman–Crippen LogP) is 2.46. The molecule has 0 amide bonds. The number of benzene rings is 2. The van der Waals surface area contributed by atoms with Gasteiger partial charge >= 0.3 is 5.97 Å². The Morgan fingerprint density at radius 2 is 1.76 bits per heavy atom. The van der Waals surface area contributed by atoms with Gasteiger partial charge in [-0.05, 0) is 36.4 Å². The van der Waals surface area contributed by atoms with Gasteiger partial charge in [0.05, 0.1) is 10.5 Å². The Balaban J connectivity index is 2.35. The third-order valence-electron chi connectivity index (χ3n) is 2.56. The molecule has 2 aromatic carbocycles. The first-order valence-corrected chi connectivity index (χ1v) is 7.09. The van der Waals surface area contributed by atoms with E-state index in [9.17, 15) is 22.0 Å². The highest BCUT2D eigenvalue weighted by molar-refractivity contribution is 7.92. The van der Waals surface area contributed by atoms with Gasteiger partial charge in [-0.2, -0.15) is 0 Å². The molecule has 0 bridgehead atoms. The molecule has 2 rings (SSSR count). The summed E-state index contributed by atoms with van der Waals surface area (Å²) in [7, 11) is -4.14. The summed E-state index contributed by atoms with van der Waals surface area (Å²) in [6, 6.07) is 7.23. The quantitative estimate of drug-likeness (QED) is 0.908. The van der Waals surface area contributed by atoms with Crippen LogP contribution in [0.5, 0.6) is 0 Å². The van der Waals surface area contributed by atoms with Gasteiger partial charge in [-0.3, -0.25) is 4.72 Å². The summed E-state index contributed by atoms with van der Waals surface area (Å²) in [6.45, 7) is 0. The molecule has 110 valence electrons. The minimum atomic E-state index is -4.14. The molecule has 0 unspecified atom stereocenters. The van der Waals surface area contributed by atoms with Crippen molar-refractivity contribution in [3.05, 3.63) is 59.7 Å². The molecule has 0 fully saturated rings. The van der Waals surface area contributed by atoms with E-state index in [0.29, 0.717) is 12.1 Å². The lowest BCUT2D eigenvalue weighted by atomic mass is 10.2. The highest BCUT2D eigenvalue weighted by atomic mass is 32.2. The summed E-state index contributed by atoms with van der Waals surface area (Å²) in [5.74, 6) is -3.68. The monoisotopic (exact) mass is 313 g/mol. The number of rotatable bonds is 4. The van der Waals surface area contributed by atoms with E-state index in [4.69, 9.17) is 5.11 Å². The number of halogens is 2. The molecule has 0 aromatic heterocycles. The Bertz CT molecular complexity index is 806. The lowest BCUT2D eigenvalue weighted by Gasteiger charge is -2.09. The average Bonchev–Trinajstić information content (AvgIpc) is 2.41. The maximum Gasteiger partial charge on any atom is 0.335 e. The van der Waals surface area contributed by atoms with Crippen molar-refractivity contribution >= 4 is 21.7 Å². The lowest BCUT2D eigenvalue weighted by molar-refractivity contribution is 0.0697. The fraction of sp³-hybridized carbons (Fsp3) is 0. The molecule has 8 heteroatoms. The molecular formula is C13H9F2NO4S. The van der Waals surface area contributed by atoms with E-state index in [1.54, 1.807) is 0 Å². The van der Waals surface area contributed by atoms with Crippen LogP contribution in [0.3, 0.4) is 0 Å². The second kappa shape index (κ2) is 5.49. The molecule has 5 nitrogen and oxygen atoms in total.